The van der Waals surface area contributed by atoms with Crippen LogP contribution >= 0.6 is 0 Å². The Kier molecular flexibility index (Phi) is 4.42. The van der Waals surface area contributed by atoms with Crippen LogP contribution in [0.2, 0.25) is 0 Å². The average molecular weight is 354 g/mol. The predicted molar refractivity (Wildman–Crippen MR) is 94.3 cm³/mol. The summed E-state index contributed by atoms with van der Waals surface area (Å²) in [4.78, 5) is 27.6. The first kappa shape index (κ1) is 17.1. The number of likely N-dealkylation sites (tertiary alicyclic amines) is 1. The second-order valence-corrected chi connectivity index (χ2v) is 6.97. The zero-order chi connectivity index (χ0) is 18.1. The molecule has 0 radical (unpaired) electrons. The number of hydrogen-bond donors (Lipinski definition) is 1. The van der Waals surface area contributed by atoms with Crippen molar-refractivity contribution < 1.29 is 14.6 Å². The zero-order valence-electron chi connectivity index (χ0n) is 14.7. The molecule has 136 valence electrons. The predicted octanol–water partition coefficient (Wildman–Crippen LogP) is 1.68. The van der Waals surface area contributed by atoms with E-state index in [-0.39, 0.29) is 23.7 Å². The summed E-state index contributed by atoms with van der Waals surface area (Å²) < 4.78 is 5.80. The number of aromatic nitrogens is 3. The lowest BCUT2D eigenvalue weighted by Crippen LogP contribution is -2.52. The Morgan fingerprint density at radius 2 is 2.08 bits per heavy atom. The highest BCUT2D eigenvalue weighted by molar-refractivity contribution is 5.94. The molecule has 3 atom stereocenters. The van der Waals surface area contributed by atoms with Crippen LogP contribution in [0.3, 0.4) is 0 Å². The number of carbonyl (C=O) groups excluding carboxylic acids is 1. The van der Waals surface area contributed by atoms with Crippen molar-refractivity contribution >= 4 is 5.91 Å². The highest BCUT2D eigenvalue weighted by atomic mass is 16.5. The van der Waals surface area contributed by atoms with Crippen molar-refractivity contribution in [2.24, 2.45) is 0 Å². The number of ether oxygens (including phenoxy) is 1. The van der Waals surface area contributed by atoms with Gasteiger partial charge in [0.2, 0.25) is 0 Å². The molecule has 1 amide bonds. The van der Waals surface area contributed by atoms with E-state index in [2.05, 4.69) is 15.0 Å². The van der Waals surface area contributed by atoms with Crippen molar-refractivity contribution in [2.75, 3.05) is 13.7 Å². The van der Waals surface area contributed by atoms with E-state index in [0.717, 1.165) is 12.8 Å². The van der Waals surface area contributed by atoms with E-state index in [0.29, 0.717) is 36.5 Å². The Labute approximate surface area is 152 Å². The van der Waals surface area contributed by atoms with Gasteiger partial charge in [0, 0.05) is 32.2 Å². The van der Waals surface area contributed by atoms with E-state index in [4.69, 9.17) is 4.74 Å². The number of carbonyl (C=O) groups is 1. The molecule has 26 heavy (non-hydrogen) atoms. The highest BCUT2D eigenvalue weighted by Gasteiger charge is 2.52. The third kappa shape index (κ3) is 2.87. The number of nitrogens with zero attached hydrogens (tertiary/aromatic N) is 4. The van der Waals surface area contributed by atoms with Crippen LogP contribution < -0.4 is 0 Å². The van der Waals surface area contributed by atoms with Crippen molar-refractivity contribution in [3.05, 3.63) is 42.4 Å². The van der Waals surface area contributed by atoms with Crippen LogP contribution in [0.5, 0.6) is 0 Å². The largest absolute Gasteiger partial charge is 0.393 e. The molecule has 1 saturated carbocycles. The summed E-state index contributed by atoms with van der Waals surface area (Å²) in [7, 11) is 1.70. The van der Waals surface area contributed by atoms with Crippen molar-refractivity contribution in [1.29, 1.82) is 0 Å². The van der Waals surface area contributed by atoms with Gasteiger partial charge in [-0.1, -0.05) is 6.07 Å². The number of fused-ring (bicyclic) bond motifs is 1. The maximum atomic E-state index is 13.0. The standard InChI is InChI=1S/C19H22N4O3/c1-26-19-6-5-14(24)10-16(19)23(9-7-19)18(25)13-11-21-17(22-12-13)15-4-2-3-8-20-15/h2-4,8,11-12,14,16,24H,5-7,9-10H2,1H3/t14-,16-,19+/m0/s1. The van der Waals surface area contributed by atoms with E-state index in [1.54, 1.807) is 25.7 Å². The quantitative estimate of drug-likeness (QED) is 0.902. The number of pyridine rings is 1. The van der Waals surface area contributed by atoms with Gasteiger partial charge in [-0.15, -0.1) is 0 Å². The minimum absolute atomic E-state index is 0.112. The molecule has 1 aliphatic heterocycles. The highest BCUT2D eigenvalue weighted by Crippen LogP contribution is 2.42. The van der Waals surface area contributed by atoms with E-state index < -0.39 is 0 Å². The van der Waals surface area contributed by atoms with Crippen molar-refractivity contribution in [1.82, 2.24) is 19.9 Å². The van der Waals surface area contributed by atoms with Crippen LogP contribution in [-0.2, 0) is 4.74 Å². The fraction of sp³-hybridized carbons (Fsp3) is 0.474. The second-order valence-electron chi connectivity index (χ2n) is 6.97. The Hall–Kier alpha value is -2.38. The van der Waals surface area contributed by atoms with Gasteiger partial charge in [0.25, 0.3) is 5.91 Å². The van der Waals surface area contributed by atoms with Crippen molar-refractivity contribution in [3.63, 3.8) is 0 Å². The Bertz CT molecular complexity index is 783. The van der Waals surface area contributed by atoms with Gasteiger partial charge in [0.15, 0.2) is 5.82 Å². The van der Waals surface area contributed by atoms with Gasteiger partial charge in [-0.3, -0.25) is 9.78 Å². The molecule has 3 heterocycles. The third-order valence-corrected chi connectivity index (χ3v) is 5.62. The summed E-state index contributed by atoms with van der Waals surface area (Å²) in [5.41, 5.74) is 0.766. The number of hydrogen-bond acceptors (Lipinski definition) is 6. The van der Waals surface area contributed by atoms with Gasteiger partial charge >= 0.3 is 0 Å². The molecule has 0 spiro atoms. The lowest BCUT2D eigenvalue weighted by atomic mass is 9.79. The number of methoxy groups -OCH3 is 1. The second kappa shape index (κ2) is 6.74. The average Bonchev–Trinajstić information content (AvgIpc) is 3.07. The Morgan fingerprint density at radius 3 is 2.77 bits per heavy atom. The molecule has 2 aromatic rings. The molecule has 7 nitrogen and oxygen atoms in total. The maximum Gasteiger partial charge on any atom is 0.257 e. The Balaban J connectivity index is 1.56. The summed E-state index contributed by atoms with van der Waals surface area (Å²) in [5.74, 6) is 0.374. The summed E-state index contributed by atoms with van der Waals surface area (Å²) in [6.45, 7) is 0.617. The van der Waals surface area contributed by atoms with Crippen LogP contribution in [0.1, 0.15) is 36.0 Å². The molecular formula is C19H22N4O3. The maximum absolute atomic E-state index is 13.0. The summed E-state index contributed by atoms with van der Waals surface area (Å²) in [5, 5.41) is 10.1. The Morgan fingerprint density at radius 1 is 1.27 bits per heavy atom. The van der Waals surface area contributed by atoms with Gasteiger partial charge in [-0.25, -0.2) is 9.97 Å². The number of aliphatic hydroxyl groups is 1. The number of amides is 1. The molecule has 1 saturated heterocycles. The van der Waals surface area contributed by atoms with Gasteiger partial charge in [0.1, 0.15) is 5.69 Å². The van der Waals surface area contributed by atoms with Crippen LogP contribution in [-0.4, -0.2) is 62.3 Å². The van der Waals surface area contributed by atoms with Crippen LogP contribution in [0, 0.1) is 0 Å². The van der Waals surface area contributed by atoms with Gasteiger partial charge < -0.3 is 14.7 Å². The monoisotopic (exact) mass is 354 g/mol. The molecule has 2 aliphatic rings. The van der Waals surface area contributed by atoms with Gasteiger partial charge in [0.05, 0.1) is 23.3 Å². The summed E-state index contributed by atoms with van der Waals surface area (Å²) in [6.07, 6.45) is 7.21. The van der Waals surface area contributed by atoms with E-state index in [1.165, 1.54) is 0 Å². The molecular weight excluding hydrogens is 332 g/mol. The molecule has 2 aromatic heterocycles. The molecule has 0 aromatic carbocycles. The lowest BCUT2D eigenvalue weighted by Gasteiger charge is -2.42. The topological polar surface area (TPSA) is 88.4 Å². The van der Waals surface area contributed by atoms with Crippen molar-refractivity contribution in [3.8, 4) is 11.5 Å². The van der Waals surface area contributed by atoms with Crippen LogP contribution in [0.25, 0.3) is 11.5 Å². The summed E-state index contributed by atoms with van der Waals surface area (Å²) in [6, 6.07) is 5.41. The number of rotatable bonds is 3. The minimum Gasteiger partial charge on any atom is -0.393 e. The normalized spacial score (nSPS) is 28.0. The minimum atomic E-state index is -0.389. The first-order valence-corrected chi connectivity index (χ1v) is 8.90. The lowest BCUT2D eigenvalue weighted by molar-refractivity contribution is -0.0824. The fourth-order valence-corrected chi connectivity index (χ4v) is 4.15. The van der Waals surface area contributed by atoms with E-state index in [1.807, 2.05) is 23.1 Å². The SMILES string of the molecule is CO[C@@]12CC[C@H](O)C[C@@H]1N(C(=O)c1cnc(-c3ccccn3)nc1)CC2. The van der Waals surface area contributed by atoms with E-state index in [9.17, 15) is 9.90 Å². The molecule has 7 heteroatoms. The van der Waals surface area contributed by atoms with Gasteiger partial charge in [-0.05, 0) is 37.8 Å². The molecule has 1 aliphatic carbocycles. The molecule has 0 unspecified atom stereocenters. The van der Waals surface area contributed by atoms with E-state index >= 15 is 0 Å². The molecule has 4 rings (SSSR count). The van der Waals surface area contributed by atoms with Crippen LogP contribution in [0.4, 0.5) is 0 Å². The first-order chi connectivity index (χ1) is 12.6. The molecule has 1 N–H and O–H groups in total. The first-order valence-electron chi connectivity index (χ1n) is 8.90. The molecule has 0 bridgehead atoms. The zero-order valence-corrected chi connectivity index (χ0v) is 14.7. The third-order valence-electron chi connectivity index (χ3n) is 5.62. The smallest absolute Gasteiger partial charge is 0.257 e. The summed E-state index contributed by atoms with van der Waals surface area (Å²) >= 11 is 0. The fourth-order valence-electron chi connectivity index (χ4n) is 4.15. The van der Waals surface area contributed by atoms with Crippen molar-refractivity contribution in [2.45, 2.75) is 43.4 Å². The number of aliphatic hydroxyl groups excluding tert-OH is 1. The van der Waals surface area contributed by atoms with Gasteiger partial charge in [-0.2, -0.15) is 0 Å². The van der Waals surface area contributed by atoms with Crippen LogP contribution in [0.15, 0.2) is 36.8 Å². The molecule has 2 fully saturated rings.